The first-order valence-electron chi connectivity index (χ1n) is 2.12. The van der Waals surface area contributed by atoms with Crippen molar-refractivity contribution in [2.75, 3.05) is 13.7 Å². The number of hydrogen-bond acceptors (Lipinski definition) is 2. The Morgan fingerprint density at radius 2 is 2.50 bits per heavy atom. The topological polar surface area (TPSA) is 26.3 Å². The van der Waals surface area contributed by atoms with Crippen LogP contribution in [0.2, 0.25) is 0 Å². The van der Waals surface area contributed by atoms with Crippen LogP contribution >= 0.6 is 11.6 Å². The molecule has 0 aliphatic heterocycles. The molecule has 3 heteroatoms. The van der Waals surface area contributed by atoms with Gasteiger partial charge in [-0.25, -0.2) is 0 Å². The van der Waals surface area contributed by atoms with E-state index in [4.69, 9.17) is 11.6 Å². The van der Waals surface area contributed by atoms with E-state index in [2.05, 4.69) is 4.74 Å². The van der Waals surface area contributed by atoms with Gasteiger partial charge in [-0.15, -0.1) is 0 Å². The van der Waals surface area contributed by atoms with Gasteiger partial charge in [-0.1, -0.05) is 6.08 Å². The fourth-order valence-corrected chi connectivity index (χ4v) is 0.326. The fourth-order valence-electron chi connectivity index (χ4n) is 0.237. The second-order valence-corrected chi connectivity index (χ2v) is 1.53. The number of carbonyl (C=O) groups excluding carboxylic acids is 1. The van der Waals surface area contributed by atoms with Crippen molar-refractivity contribution in [2.45, 2.75) is 0 Å². The molecular weight excluding hydrogens is 128 g/mol. The Morgan fingerprint density at radius 1 is 1.88 bits per heavy atom. The van der Waals surface area contributed by atoms with Crippen molar-refractivity contribution >= 4 is 16.8 Å². The third-order valence-corrected chi connectivity index (χ3v) is 0.638. The highest BCUT2D eigenvalue weighted by molar-refractivity contribution is 6.66. The number of carbonyl (C=O) groups is 1. The molecule has 0 radical (unpaired) electrons. The molecule has 0 unspecified atom stereocenters. The van der Waals surface area contributed by atoms with E-state index in [1.54, 1.807) is 13.2 Å². The van der Waals surface area contributed by atoms with Crippen molar-refractivity contribution in [2.24, 2.45) is 0 Å². The quantitative estimate of drug-likeness (QED) is 0.425. The number of hydrogen-bond donors (Lipinski definition) is 0. The van der Waals surface area contributed by atoms with Gasteiger partial charge in [0.1, 0.15) is 0 Å². The minimum Gasteiger partial charge on any atom is -0.381 e. The van der Waals surface area contributed by atoms with Crippen molar-refractivity contribution < 1.29 is 9.53 Å². The molecule has 0 heterocycles. The molecule has 46 valence electrons. The van der Waals surface area contributed by atoms with E-state index in [9.17, 15) is 4.79 Å². The molecule has 0 bridgehead atoms. The van der Waals surface area contributed by atoms with E-state index in [1.165, 1.54) is 6.08 Å². The van der Waals surface area contributed by atoms with Crippen LogP contribution in [0.1, 0.15) is 0 Å². The minimum absolute atomic E-state index is 0.429. The van der Waals surface area contributed by atoms with Crippen LogP contribution in [0.5, 0.6) is 0 Å². The molecule has 0 saturated heterocycles. The molecule has 0 aromatic heterocycles. The summed E-state index contributed by atoms with van der Waals surface area (Å²) in [6.45, 7) is 0.429. The van der Waals surface area contributed by atoms with Gasteiger partial charge >= 0.3 is 0 Å². The summed E-state index contributed by atoms with van der Waals surface area (Å²) >= 11 is 4.93. The van der Waals surface area contributed by atoms with Crippen molar-refractivity contribution in [3.8, 4) is 0 Å². The SMILES string of the molecule is COCC=CC(=O)Cl. The normalized spacial score (nSPS) is 10.2. The molecule has 0 fully saturated rings. The van der Waals surface area contributed by atoms with E-state index >= 15 is 0 Å². The maximum absolute atomic E-state index is 9.94. The summed E-state index contributed by atoms with van der Waals surface area (Å²) in [4.78, 5) is 9.94. The highest BCUT2D eigenvalue weighted by Crippen LogP contribution is 1.81. The summed E-state index contributed by atoms with van der Waals surface area (Å²) in [5.74, 6) is 0. The summed E-state index contributed by atoms with van der Waals surface area (Å²) in [7, 11) is 1.54. The molecule has 0 N–H and O–H groups in total. The number of halogens is 1. The van der Waals surface area contributed by atoms with Crippen molar-refractivity contribution in [3.63, 3.8) is 0 Å². The van der Waals surface area contributed by atoms with Crippen molar-refractivity contribution in [3.05, 3.63) is 12.2 Å². The maximum atomic E-state index is 9.94. The van der Waals surface area contributed by atoms with Crippen LogP contribution in [0.25, 0.3) is 0 Å². The molecule has 0 aliphatic rings. The summed E-state index contributed by atoms with van der Waals surface area (Å²) in [5.41, 5.74) is 0. The van der Waals surface area contributed by atoms with Gasteiger partial charge in [0.15, 0.2) is 0 Å². The molecule has 0 amide bonds. The lowest BCUT2D eigenvalue weighted by Crippen LogP contribution is -1.82. The van der Waals surface area contributed by atoms with E-state index in [-0.39, 0.29) is 0 Å². The molecule has 0 atom stereocenters. The first-order chi connectivity index (χ1) is 3.77. The fraction of sp³-hybridized carbons (Fsp3) is 0.400. The van der Waals surface area contributed by atoms with Gasteiger partial charge in [-0.05, 0) is 17.7 Å². The Bertz CT molecular complexity index is 98.6. The summed E-state index contributed by atoms with van der Waals surface area (Å²) in [6, 6.07) is 0. The Hall–Kier alpha value is -0.340. The van der Waals surface area contributed by atoms with Gasteiger partial charge < -0.3 is 4.74 Å². The highest BCUT2D eigenvalue weighted by atomic mass is 35.5. The molecule has 0 saturated carbocycles. The van der Waals surface area contributed by atoms with Crippen LogP contribution in [-0.2, 0) is 9.53 Å². The van der Waals surface area contributed by atoms with E-state index in [0.29, 0.717) is 6.61 Å². The second kappa shape index (κ2) is 4.81. The lowest BCUT2D eigenvalue weighted by atomic mass is 10.5. The molecule has 0 aromatic rings. The van der Waals surface area contributed by atoms with Crippen molar-refractivity contribution in [1.82, 2.24) is 0 Å². The Balaban J connectivity index is 3.20. The number of methoxy groups -OCH3 is 1. The van der Waals surface area contributed by atoms with Crippen LogP contribution in [-0.4, -0.2) is 19.0 Å². The maximum Gasteiger partial charge on any atom is 0.244 e. The largest absolute Gasteiger partial charge is 0.381 e. The van der Waals surface area contributed by atoms with E-state index in [0.717, 1.165) is 0 Å². The zero-order valence-electron chi connectivity index (χ0n) is 4.56. The monoisotopic (exact) mass is 134 g/mol. The first kappa shape index (κ1) is 7.66. The van der Waals surface area contributed by atoms with Crippen LogP contribution in [0.3, 0.4) is 0 Å². The third-order valence-electron chi connectivity index (χ3n) is 0.512. The molecule has 0 rings (SSSR count). The molecule has 0 aliphatic carbocycles. The van der Waals surface area contributed by atoms with Gasteiger partial charge in [0.25, 0.3) is 0 Å². The predicted molar refractivity (Wildman–Crippen MR) is 31.9 cm³/mol. The average Bonchev–Trinajstić information content (AvgIpc) is 1.66. The zero-order chi connectivity index (χ0) is 6.41. The minimum atomic E-state index is -0.470. The molecular formula is C5H7ClO2. The second-order valence-electron chi connectivity index (χ2n) is 1.16. The first-order valence-corrected chi connectivity index (χ1v) is 2.50. The Labute approximate surface area is 53.1 Å². The molecule has 0 spiro atoms. The number of rotatable bonds is 3. The molecule has 0 aromatic carbocycles. The van der Waals surface area contributed by atoms with Crippen LogP contribution in [0.4, 0.5) is 0 Å². The standard InChI is InChI=1S/C5H7ClO2/c1-8-4-2-3-5(6)7/h2-3H,4H2,1H3. The number of allylic oxidation sites excluding steroid dienone is 1. The van der Waals surface area contributed by atoms with E-state index < -0.39 is 5.24 Å². The Morgan fingerprint density at radius 3 is 2.88 bits per heavy atom. The third kappa shape index (κ3) is 5.66. The lowest BCUT2D eigenvalue weighted by Gasteiger charge is -1.83. The van der Waals surface area contributed by atoms with Gasteiger partial charge in [0.05, 0.1) is 6.61 Å². The van der Waals surface area contributed by atoms with Gasteiger partial charge in [-0.3, -0.25) is 4.79 Å². The van der Waals surface area contributed by atoms with Crippen molar-refractivity contribution in [1.29, 1.82) is 0 Å². The molecule has 8 heavy (non-hydrogen) atoms. The summed E-state index contributed by atoms with van der Waals surface area (Å²) in [5, 5.41) is -0.470. The van der Waals surface area contributed by atoms with Gasteiger partial charge in [0.2, 0.25) is 5.24 Å². The van der Waals surface area contributed by atoms with Crippen LogP contribution in [0, 0.1) is 0 Å². The van der Waals surface area contributed by atoms with Crippen LogP contribution < -0.4 is 0 Å². The van der Waals surface area contributed by atoms with Gasteiger partial charge in [0, 0.05) is 7.11 Å². The summed E-state index contributed by atoms with van der Waals surface area (Å²) in [6.07, 6.45) is 2.81. The van der Waals surface area contributed by atoms with Gasteiger partial charge in [-0.2, -0.15) is 0 Å². The Kier molecular flexibility index (Phi) is 4.61. The molecule has 2 nitrogen and oxygen atoms in total. The smallest absolute Gasteiger partial charge is 0.244 e. The number of ether oxygens (including phenoxy) is 1. The average molecular weight is 135 g/mol. The van der Waals surface area contributed by atoms with Crippen LogP contribution in [0.15, 0.2) is 12.2 Å². The highest BCUT2D eigenvalue weighted by Gasteiger charge is 1.81. The summed E-state index contributed by atoms with van der Waals surface area (Å²) < 4.78 is 4.59. The zero-order valence-corrected chi connectivity index (χ0v) is 5.31. The predicted octanol–water partition coefficient (Wildman–Crippen LogP) is 0.954. The lowest BCUT2D eigenvalue weighted by molar-refractivity contribution is -0.107. The van der Waals surface area contributed by atoms with E-state index in [1.807, 2.05) is 0 Å².